The van der Waals surface area contributed by atoms with Crippen LogP contribution in [0.25, 0.3) is 0 Å². The van der Waals surface area contributed by atoms with Gasteiger partial charge in [-0.3, -0.25) is 4.79 Å². The van der Waals surface area contributed by atoms with Gasteiger partial charge in [0.1, 0.15) is 11.0 Å². The molecule has 1 N–H and O–H groups in total. The summed E-state index contributed by atoms with van der Waals surface area (Å²) in [5, 5.41) is 7.29. The summed E-state index contributed by atoms with van der Waals surface area (Å²) in [4.78, 5) is 11.9. The zero-order valence-corrected chi connectivity index (χ0v) is 14.4. The Morgan fingerprint density at radius 2 is 2.10 bits per heavy atom. The molecule has 0 saturated heterocycles. The van der Waals surface area contributed by atoms with Crippen LogP contribution in [0.1, 0.15) is 46.0 Å². The Balaban J connectivity index is 2.35. The van der Waals surface area contributed by atoms with Crippen LogP contribution in [0, 0.1) is 18.3 Å². The summed E-state index contributed by atoms with van der Waals surface area (Å²) in [6.45, 7) is 5.55. The van der Waals surface area contributed by atoms with Crippen LogP contribution in [-0.4, -0.2) is 16.3 Å². The van der Waals surface area contributed by atoms with Crippen LogP contribution in [-0.2, 0) is 6.54 Å². The molecule has 5 heteroatoms. The first-order valence-corrected chi connectivity index (χ1v) is 8.28. The molecular formula is C16H24BrN3O. The van der Waals surface area contributed by atoms with Crippen molar-refractivity contribution in [2.24, 2.45) is 5.92 Å². The molecule has 1 aromatic rings. The highest BCUT2D eigenvalue weighted by molar-refractivity contribution is 9.10. The number of anilines is 1. The second-order valence-corrected chi connectivity index (χ2v) is 6.36. The first kappa shape index (κ1) is 17.8. The Hall–Kier alpha value is -1.28. The Morgan fingerprint density at radius 1 is 1.38 bits per heavy atom. The third-order valence-electron chi connectivity index (χ3n) is 3.25. The standard InChI is InChI=1S/C16H24BrN3O/c1-4-11-20-16(21)15(17)14(12-19-20)18-10-8-6-5-7-9-13(2)3/h1,12-13,18H,5-11H2,2-3H3. The van der Waals surface area contributed by atoms with E-state index in [4.69, 9.17) is 6.42 Å². The maximum absolute atomic E-state index is 11.9. The molecule has 1 heterocycles. The van der Waals surface area contributed by atoms with Crippen molar-refractivity contribution in [2.75, 3.05) is 11.9 Å². The number of nitrogens with one attached hydrogen (secondary N) is 1. The van der Waals surface area contributed by atoms with E-state index in [9.17, 15) is 4.79 Å². The molecule has 21 heavy (non-hydrogen) atoms. The summed E-state index contributed by atoms with van der Waals surface area (Å²) in [5.41, 5.74) is 0.533. The van der Waals surface area contributed by atoms with Gasteiger partial charge < -0.3 is 5.32 Å². The van der Waals surface area contributed by atoms with Gasteiger partial charge in [0.25, 0.3) is 5.56 Å². The molecule has 0 atom stereocenters. The largest absolute Gasteiger partial charge is 0.383 e. The molecule has 0 unspecified atom stereocenters. The molecule has 0 radical (unpaired) electrons. The molecule has 0 aliphatic rings. The predicted molar refractivity (Wildman–Crippen MR) is 91.4 cm³/mol. The predicted octanol–water partition coefficient (Wildman–Crippen LogP) is 3.66. The molecule has 0 spiro atoms. The van der Waals surface area contributed by atoms with Crippen molar-refractivity contribution in [1.29, 1.82) is 0 Å². The van der Waals surface area contributed by atoms with E-state index < -0.39 is 0 Å². The topological polar surface area (TPSA) is 46.9 Å². The minimum Gasteiger partial charge on any atom is -0.383 e. The number of terminal acetylenes is 1. The number of halogens is 1. The Labute approximate surface area is 135 Å². The minimum absolute atomic E-state index is 0.188. The van der Waals surface area contributed by atoms with Crippen LogP contribution in [0.4, 0.5) is 5.69 Å². The van der Waals surface area contributed by atoms with Crippen molar-refractivity contribution in [3.63, 3.8) is 0 Å². The SMILES string of the molecule is C#CCn1ncc(NCCCCCCC(C)C)c(Br)c1=O. The number of hydrogen-bond donors (Lipinski definition) is 1. The van der Waals surface area contributed by atoms with E-state index in [1.165, 1.54) is 30.4 Å². The molecule has 0 fully saturated rings. The molecule has 0 amide bonds. The van der Waals surface area contributed by atoms with E-state index in [0.717, 1.165) is 24.6 Å². The molecule has 1 aromatic heterocycles. The molecule has 0 aliphatic heterocycles. The fourth-order valence-corrected chi connectivity index (χ4v) is 2.49. The number of hydrogen-bond acceptors (Lipinski definition) is 3. The van der Waals surface area contributed by atoms with Crippen molar-refractivity contribution in [2.45, 2.75) is 52.5 Å². The van der Waals surface area contributed by atoms with Gasteiger partial charge in [0.05, 0.1) is 11.9 Å². The zero-order chi connectivity index (χ0) is 15.7. The molecular weight excluding hydrogens is 330 g/mol. The van der Waals surface area contributed by atoms with Crippen molar-refractivity contribution in [3.8, 4) is 12.3 Å². The fraction of sp³-hybridized carbons (Fsp3) is 0.625. The van der Waals surface area contributed by atoms with E-state index in [0.29, 0.717) is 4.47 Å². The van der Waals surface area contributed by atoms with Gasteiger partial charge in [-0.15, -0.1) is 6.42 Å². The molecule has 0 aliphatic carbocycles. The summed E-state index contributed by atoms with van der Waals surface area (Å²) in [6.07, 6.45) is 13.0. The first-order valence-electron chi connectivity index (χ1n) is 7.49. The maximum Gasteiger partial charge on any atom is 0.284 e. The fourth-order valence-electron chi connectivity index (χ4n) is 2.04. The number of aromatic nitrogens is 2. The molecule has 0 bridgehead atoms. The van der Waals surface area contributed by atoms with E-state index in [-0.39, 0.29) is 12.1 Å². The summed E-state index contributed by atoms with van der Waals surface area (Å²) in [5.74, 6) is 3.20. The lowest BCUT2D eigenvalue weighted by atomic mass is 10.0. The van der Waals surface area contributed by atoms with E-state index in [2.05, 4.69) is 46.1 Å². The first-order chi connectivity index (χ1) is 10.1. The van der Waals surface area contributed by atoms with Gasteiger partial charge in [-0.05, 0) is 28.3 Å². The van der Waals surface area contributed by atoms with Gasteiger partial charge in [0.15, 0.2) is 0 Å². The third kappa shape index (κ3) is 6.34. The maximum atomic E-state index is 11.9. The van der Waals surface area contributed by atoms with Gasteiger partial charge in [0.2, 0.25) is 0 Å². The summed E-state index contributed by atoms with van der Waals surface area (Å²) >= 11 is 3.31. The number of unbranched alkanes of at least 4 members (excludes halogenated alkanes) is 3. The second kappa shape index (κ2) is 9.62. The number of nitrogens with zero attached hydrogens (tertiary/aromatic N) is 2. The number of rotatable bonds is 9. The van der Waals surface area contributed by atoms with Gasteiger partial charge in [-0.2, -0.15) is 5.10 Å². The quantitative estimate of drug-likeness (QED) is 0.544. The van der Waals surface area contributed by atoms with E-state index in [1.807, 2.05) is 0 Å². The van der Waals surface area contributed by atoms with Crippen molar-refractivity contribution < 1.29 is 0 Å². The lowest BCUT2D eigenvalue weighted by Gasteiger charge is -2.09. The van der Waals surface area contributed by atoms with Crippen LogP contribution >= 0.6 is 15.9 Å². The highest BCUT2D eigenvalue weighted by atomic mass is 79.9. The molecule has 0 aromatic carbocycles. The second-order valence-electron chi connectivity index (χ2n) is 5.56. The lowest BCUT2D eigenvalue weighted by molar-refractivity contribution is 0.523. The molecule has 116 valence electrons. The Morgan fingerprint density at radius 3 is 2.76 bits per heavy atom. The van der Waals surface area contributed by atoms with E-state index >= 15 is 0 Å². The van der Waals surface area contributed by atoms with Crippen molar-refractivity contribution in [3.05, 3.63) is 21.0 Å². The van der Waals surface area contributed by atoms with Gasteiger partial charge in [0, 0.05) is 6.54 Å². The Bertz CT molecular complexity index is 531. The molecule has 4 nitrogen and oxygen atoms in total. The van der Waals surface area contributed by atoms with Crippen LogP contribution in [0.15, 0.2) is 15.5 Å². The van der Waals surface area contributed by atoms with Crippen LogP contribution < -0.4 is 10.9 Å². The molecule has 1 rings (SSSR count). The van der Waals surface area contributed by atoms with Gasteiger partial charge in [-0.25, -0.2) is 4.68 Å². The highest BCUT2D eigenvalue weighted by Gasteiger charge is 2.07. The average molecular weight is 354 g/mol. The van der Waals surface area contributed by atoms with Crippen LogP contribution in [0.3, 0.4) is 0 Å². The smallest absolute Gasteiger partial charge is 0.284 e. The van der Waals surface area contributed by atoms with E-state index in [1.54, 1.807) is 6.20 Å². The summed E-state index contributed by atoms with van der Waals surface area (Å²) in [6, 6.07) is 0. The summed E-state index contributed by atoms with van der Waals surface area (Å²) < 4.78 is 1.76. The lowest BCUT2D eigenvalue weighted by Crippen LogP contribution is -2.24. The Kier molecular flexibility index (Phi) is 8.14. The highest BCUT2D eigenvalue weighted by Crippen LogP contribution is 2.16. The van der Waals surface area contributed by atoms with Crippen molar-refractivity contribution >= 4 is 21.6 Å². The summed E-state index contributed by atoms with van der Waals surface area (Å²) in [7, 11) is 0. The van der Waals surface area contributed by atoms with Gasteiger partial charge >= 0.3 is 0 Å². The van der Waals surface area contributed by atoms with Crippen molar-refractivity contribution in [1.82, 2.24) is 9.78 Å². The average Bonchev–Trinajstić information content (AvgIpc) is 2.45. The van der Waals surface area contributed by atoms with Crippen LogP contribution in [0.2, 0.25) is 0 Å². The van der Waals surface area contributed by atoms with Gasteiger partial charge in [-0.1, -0.05) is 45.5 Å². The minimum atomic E-state index is -0.199. The normalized spacial score (nSPS) is 10.6. The zero-order valence-electron chi connectivity index (χ0n) is 12.9. The van der Waals surface area contributed by atoms with Crippen LogP contribution in [0.5, 0.6) is 0 Å². The molecule has 0 saturated carbocycles. The monoisotopic (exact) mass is 353 g/mol. The third-order valence-corrected chi connectivity index (χ3v) is 4.02.